The van der Waals surface area contributed by atoms with E-state index < -0.39 is 0 Å². The normalized spacial score (nSPS) is 35.3. The maximum Gasteiger partial charge on any atom is 0.00956 e. The van der Waals surface area contributed by atoms with Gasteiger partial charge in [-0.3, -0.25) is 0 Å². The van der Waals surface area contributed by atoms with Crippen LogP contribution in [-0.2, 0) is 0 Å². The molecule has 2 aliphatic rings. The summed E-state index contributed by atoms with van der Waals surface area (Å²) in [7, 11) is 0. The molecule has 0 aromatic heterocycles. The largest absolute Gasteiger partial charge is 0.314 e. The molecule has 1 heterocycles. The zero-order chi connectivity index (χ0) is 12.1. The molecule has 1 N–H and O–H groups in total. The number of likely N-dealkylation sites (tertiary alicyclic amines) is 1. The molecule has 0 radical (unpaired) electrons. The first-order valence-electron chi connectivity index (χ1n) is 7.78. The van der Waals surface area contributed by atoms with E-state index in [1.807, 2.05) is 0 Å². The van der Waals surface area contributed by atoms with E-state index in [4.69, 9.17) is 0 Å². The van der Waals surface area contributed by atoms with Crippen molar-refractivity contribution in [1.29, 1.82) is 0 Å². The third-order valence-corrected chi connectivity index (χ3v) is 4.85. The minimum atomic E-state index is 0.820. The lowest BCUT2D eigenvalue weighted by atomic mass is 9.97. The second kappa shape index (κ2) is 6.75. The van der Waals surface area contributed by atoms with Crippen LogP contribution in [-0.4, -0.2) is 36.6 Å². The number of hydrogen-bond acceptors (Lipinski definition) is 2. The van der Waals surface area contributed by atoms with E-state index in [1.54, 1.807) is 0 Å². The van der Waals surface area contributed by atoms with Crippen molar-refractivity contribution in [3.8, 4) is 0 Å². The van der Waals surface area contributed by atoms with Crippen LogP contribution in [0.5, 0.6) is 0 Å². The summed E-state index contributed by atoms with van der Waals surface area (Å²) in [4.78, 5) is 2.73. The number of nitrogens with one attached hydrogen (secondary N) is 1. The standard InChI is InChI=1S/C15H30N2/c1-3-16-15-9-6-8-14(15)10-12-17-11-5-4-7-13(17)2/h13-16H,3-12H2,1-2H3. The Kier molecular flexibility index (Phi) is 5.30. The Labute approximate surface area is 107 Å². The third-order valence-electron chi connectivity index (χ3n) is 4.85. The van der Waals surface area contributed by atoms with Crippen LogP contribution in [0, 0.1) is 5.92 Å². The van der Waals surface area contributed by atoms with Gasteiger partial charge < -0.3 is 10.2 Å². The lowest BCUT2D eigenvalue weighted by molar-refractivity contribution is 0.147. The highest BCUT2D eigenvalue weighted by atomic mass is 15.2. The molecule has 1 saturated carbocycles. The highest BCUT2D eigenvalue weighted by Crippen LogP contribution is 2.29. The second-order valence-corrected chi connectivity index (χ2v) is 6.02. The number of nitrogens with zero attached hydrogens (tertiary/aromatic N) is 1. The maximum absolute atomic E-state index is 3.67. The zero-order valence-electron chi connectivity index (χ0n) is 11.8. The fourth-order valence-corrected chi connectivity index (χ4v) is 3.73. The van der Waals surface area contributed by atoms with Crippen molar-refractivity contribution in [1.82, 2.24) is 10.2 Å². The summed E-state index contributed by atoms with van der Waals surface area (Å²) in [5, 5.41) is 3.67. The Hall–Kier alpha value is -0.0800. The van der Waals surface area contributed by atoms with Gasteiger partial charge in [-0.2, -0.15) is 0 Å². The van der Waals surface area contributed by atoms with Crippen molar-refractivity contribution < 1.29 is 0 Å². The minimum Gasteiger partial charge on any atom is -0.314 e. The van der Waals surface area contributed by atoms with Crippen molar-refractivity contribution >= 4 is 0 Å². The molecule has 17 heavy (non-hydrogen) atoms. The van der Waals surface area contributed by atoms with E-state index in [0.717, 1.165) is 24.5 Å². The molecule has 2 nitrogen and oxygen atoms in total. The van der Waals surface area contributed by atoms with Crippen LogP contribution in [0.1, 0.15) is 58.8 Å². The van der Waals surface area contributed by atoms with E-state index in [0.29, 0.717) is 0 Å². The average molecular weight is 238 g/mol. The molecule has 2 fully saturated rings. The van der Waals surface area contributed by atoms with Gasteiger partial charge in [-0.15, -0.1) is 0 Å². The Bertz CT molecular complexity index is 217. The fraction of sp³-hybridized carbons (Fsp3) is 1.00. The topological polar surface area (TPSA) is 15.3 Å². The molecule has 2 heteroatoms. The average Bonchev–Trinajstić information content (AvgIpc) is 2.76. The first-order valence-corrected chi connectivity index (χ1v) is 7.78. The lowest BCUT2D eigenvalue weighted by Crippen LogP contribution is -2.40. The summed E-state index contributed by atoms with van der Waals surface area (Å²) in [6.07, 6.45) is 10.0. The summed E-state index contributed by atoms with van der Waals surface area (Å²) in [5.41, 5.74) is 0. The van der Waals surface area contributed by atoms with Crippen molar-refractivity contribution in [2.75, 3.05) is 19.6 Å². The molecule has 0 aromatic rings. The van der Waals surface area contributed by atoms with Gasteiger partial charge >= 0.3 is 0 Å². The Morgan fingerprint density at radius 3 is 2.76 bits per heavy atom. The quantitative estimate of drug-likeness (QED) is 0.792. The SMILES string of the molecule is CCNC1CCCC1CCN1CCCCC1C. The number of hydrogen-bond donors (Lipinski definition) is 1. The zero-order valence-corrected chi connectivity index (χ0v) is 11.8. The molecule has 1 aliphatic heterocycles. The van der Waals surface area contributed by atoms with Crippen LogP contribution in [0.2, 0.25) is 0 Å². The summed E-state index contributed by atoms with van der Waals surface area (Å²) in [6, 6.07) is 1.66. The monoisotopic (exact) mass is 238 g/mol. The lowest BCUT2D eigenvalue weighted by Gasteiger charge is -2.34. The van der Waals surface area contributed by atoms with Crippen LogP contribution in [0.25, 0.3) is 0 Å². The van der Waals surface area contributed by atoms with Crippen LogP contribution < -0.4 is 5.32 Å². The molecule has 0 bridgehead atoms. The molecule has 3 unspecified atom stereocenters. The molecule has 2 rings (SSSR count). The molecule has 3 atom stereocenters. The van der Waals surface area contributed by atoms with Gasteiger partial charge in [0.25, 0.3) is 0 Å². The Morgan fingerprint density at radius 2 is 2.00 bits per heavy atom. The van der Waals surface area contributed by atoms with Crippen molar-refractivity contribution in [2.45, 2.75) is 70.9 Å². The summed E-state index contributed by atoms with van der Waals surface area (Å²) in [6.45, 7) is 8.48. The predicted octanol–water partition coefficient (Wildman–Crippen LogP) is 3.03. The Morgan fingerprint density at radius 1 is 1.12 bits per heavy atom. The van der Waals surface area contributed by atoms with Gasteiger partial charge in [0, 0.05) is 12.1 Å². The molecular formula is C15H30N2. The van der Waals surface area contributed by atoms with E-state index in [9.17, 15) is 0 Å². The molecule has 100 valence electrons. The van der Waals surface area contributed by atoms with E-state index in [1.165, 1.54) is 58.0 Å². The third kappa shape index (κ3) is 3.69. The van der Waals surface area contributed by atoms with Crippen molar-refractivity contribution in [3.63, 3.8) is 0 Å². The first kappa shape index (κ1) is 13.4. The molecule has 1 aliphatic carbocycles. The van der Waals surface area contributed by atoms with Crippen LogP contribution >= 0.6 is 0 Å². The smallest absolute Gasteiger partial charge is 0.00956 e. The molecule has 1 saturated heterocycles. The highest BCUT2D eigenvalue weighted by Gasteiger charge is 2.27. The predicted molar refractivity (Wildman–Crippen MR) is 74.3 cm³/mol. The minimum absolute atomic E-state index is 0.820. The van der Waals surface area contributed by atoms with E-state index >= 15 is 0 Å². The van der Waals surface area contributed by atoms with Crippen LogP contribution in [0.4, 0.5) is 0 Å². The molecule has 0 amide bonds. The van der Waals surface area contributed by atoms with Crippen molar-refractivity contribution in [2.24, 2.45) is 5.92 Å². The molecular weight excluding hydrogens is 208 g/mol. The van der Waals surface area contributed by atoms with E-state index in [-0.39, 0.29) is 0 Å². The fourth-order valence-electron chi connectivity index (χ4n) is 3.73. The van der Waals surface area contributed by atoms with Gasteiger partial charge in [0.05, 0.1) is 0 Å². The van der Waals surface area contributed by atoms with E-state index in [2.05, 4.69) is 24.1 Å². The number of piperidine rings is 1. The summed E-state index contributed by atoms with van der Waals surface area (Å²) in [5.74, 6) is 0.948. The highest BCUT2D eigenvalue weighted by molar-refractivity contribution is 4.84. The van der Waals surface area contributed by atoms with Gasteiger partial charge in [-0.05, 0) is 64.6 Å². The van der Waals surface area contributed by atoms with Gasteiger partial charge in [-0.1, -0.05) is 19.8 Å². The Balaban J connectivity index is 1.73. The van der Waals surface area contributed by atoms with Gasteiger partial charge in [-0.25, -0.2) is 0 Å². The number of rotatable bonds is 5. The summed E-state index contributed by atoms with van der Waals surface area (Å²) >= 11 is 0. The van der Waals surface area contributed by atoms with Gasteiger partial charge in [0.1, 0.15) is 0 Å². The second-order valence-electron chi connectivity index (χ2n) is 6.02. The van der Waals surface area contributed by atoms with Crippen LogP contribution in [0.15, 0.2) is 0 Å². The van der Waals surface area contributed by atoms with Crippen LogP contribution in [0.3, 0.4) is 0 Å². The van der Waals surface area contributed by atoms with Gasteiger partial charge in [0.2, 0.25) is 0 Å². The molecule has 0 aromatic carbocycles. The summed E-state index contributed by atoms with van der Waals surface area (Å²) < 4.78 is 0. The first-order chi connectivity index (χ1) is 8.31. The van der Waals surface area contributed by atoms with Crippen molar-refractivity contribution in [3.05, 3.63) is 0 Å². The maximum atomic E-state index is 3.67. The molecule has 0 spiro atoms. The van der Waals surface area contributed by atoms with Gasteiger partial charge in [0.15, 0.2) is 0 Å².